The molecule has 0 saturated heterocycles. The highest BCUT2D eigenvalue weighted by molar-refractivity contribution is 5.81. The maximum Gasteiger partial charge on any atom is 0.164 e. The van der Waals surface area contributed by atoms with Crippen molar-refractivity contribution in [2.45, 2.75) is 6.92 Å². The van der Waals surface area contributed by atoms with Crippen molar-refractivity contribution in [3.8, 4) is 90.1 Å². The smallest absolute Gasteiger partial charge is 0.164 e. The molecule has 0 radical (unpaired) electrons. The zero-order valence-corrected chi connectivity index (χ0v) is 30.2. The summed E-state index contributed by atoms with van der Waals surface area (Å²) < 4.78 is 0. The molecule has 0 aliphatic rings. The monoisotopic (exact) mass is 705 g/mol. The molecule has 0 fully saturated rings. The normalized spacial score (nSPS) is 11.0. The van der Waals surface area contributed by atoms with Gasteiger partial charge >= 0.3 is 0 Å². The van der Waals surface area contributed by atoms with Gasteiger partial charge in [-0.15, -0.1) is 0 Å². The Morgan fingerprint density at radius 3 is 1.00 bits per heavy atom. The van der Waals surface area contributed by atoms with E-state index in [2.05, 4.69) is 181 Å². The molecule has 0 spiro atoms. The Labute approximate surface area is 320 Å². The molecule has 260 valence electrons. The summed E-state index contributed by atoms with van der Waals surface area (Å²) in [5.74, 6) is 2.52. The predicted octanol–water partition coefficient (Wildman–Crippen LogP) is 12.3. The molecule has 0 aliphatic carbocycles. The first kappa shape index (κ1) is 33.5. The van der Waals surface area contributed by atoms with Crippen LogP contribution in [0.5, 0.6) is 0 Å². The van der Waals surface area contributed by atoms with E-state index in [-0.39, 0.29) is 0 Å². The highest BCUT2D eigenvalue weighted by atomic mass is 15.0. The molecule has 0 saturated carbocycles. The lowest BCUT2D eigenvalue weighted by Crippen LogP contribution is -2.01. The third-order valence-electron chi connectivity index (χ3n) is 9.75. The summed E-state index contributed by atoms with van der Waals surface area (Å²) in [4.78, 5) is 24.3. The molecule has 0 aliphatic heterocycles. The van der Waals surface area contributed by atoms with E-state index in [0.717, 1.165) is 66.8 Å². The van der Waals surface area contributed by atoms with E-state index >= 15 is 0 Å². The third-order valence-corrected chi connectivity index (χ3v) is 9.75. The molecule has 0 N–H and O–H groups in total. The first-order valence-electron chi connectivity index (χ1n) is 18.3. The summed E-state index contributed by atoms with van der Waals surface area (Å²) in [5.41, 5.74) is 13.8. The van der Waals surface area contributed by atoms with Crippen LogP contribution in [-0.2, 0) is 0 Å². The molecule has 9 rings (SSSR count). The van der Waals surface area contributed by atoms with Gasteiger partial charge in [0, 0.05) is 34.6 Å². The second-order valence-electron chi connectivity index (χ2n) is 13.5. The Kier molecular flexibility index (Phi) is 9.09. The zero-order chi connectivity index (χ0) is 37.0. The van der Waals surface area contributed by atoms with E-state index in [1.807, 2.05) is 18.2 Å². The fraction of sp³-hybridized carbons (Fsp3) is 0.0200. The van der Waals surface area contributed by atoms with Crippen molar-refractivity contribution < 1.29 is 0 Å². The van der Waals surface area contributed by atoms with Crippen LogP contribution in [0.3, 0.4) is 0 Å². The number of aryl methyl sites for hydroxylation is 1. The van der Waals surface area contributed by atoms with Gasteiger partial charge < -0.3 is 0 Å². The molecular weight excluding hydrogens is 671 g/mol. The minimum absolute atomic E-state index is 0.601. The van der Waals surface area contributed by atoms with Gasteiger partial charge in [-0.25, -0.2) is 24.9 Å². The number of benzene rings is 7. The Hall–Kier alpha value is -7.37. The summed E-state index contributed by atoms with van der Waals surface area (Å²) in [6.45, 7) is 2.11. The lowest BCUT2D eigenvalue weighted by Gasteiger charge is -2.13. The first-order chi connectivity index (χ1) is 27.1. The van der Waals surface area contributed by atoms with Crippen LogP contribution in [0.15, 0.2) is 194 Å². The van der Waals surface area contributed by atoms with Crippen LogP contribution in [0.2, 0.25) is 0 Å². The zero-order valence-electron chi connectivity index (χ0n) is 30.2. The summed E-state index contributed by atoms with van der Waals surface area (Å²) >= 11 is 0. The highest BCUT2D eigenvalue weighted by Gasteiger charge is 2.16. The summed E-state index contributed by atoms with van der Waals surface area (Å²) in [7, 11) is 0. The standard InChI is InChI=1S/C50H35N5/c1-34-13-15-39(16-14-34)44-31-45(40-21-23-41(24-22-40)47-51-29-8-30-52-47)33-46(32-44)50-54-48(42-25-17-37(18-26-42)35-9-4-2-5-10-35)53-49(55-50)43-27-19-38(20-28-43)36-11-6-3-7-12-36/h2-33H,1H3. The van der Waals surface area contributed by atoms with Gasteiger partial charge in [-0.1, -0.05) is 163 Å². The molecule has 5 heteroatoms. The van der Waals surface area contributed by atoms with Crippen molar-refractivity contribution in [3.63, 3.8) is 0 Å². The summed E-state index contributed by atoms with van der Waals surface area (Å²) in [5, 5.41) is 0. The number of rotatable bonds is 8. The van der Waals surface area contributed by atoms with Gasteiger partial charge in [-0.3, -0.25) is 0 Å². The highest BCUT2D eigenvalue weighted by Crippen LogP contribution is 2.35. The summed E-state index contributed by atoms with van der Waals surface area (Å²) in [6, 6.07) is 63.1. The molecule has 2 aromatic heterocycles. The molecular formula is C50H35N5. The molecule has 0 bridgehead atoms. The van der Waals surface area contributed by atoms with Crippen LogP contribution in [0.25, 0.3) is 90.1 Å². The van der Waals surface area contributed by atoms with Gasteiger partial charge in [0.15, 0.2) is 23.3 Å². The molecule has 0 atom stereocenters. The largest absolute Gasteiger partial charge is 0.237 e. The van der Waals surface area contributed by atoms with Crippen molar-refractivity contribution in [3.05, 3.63) is 200 Å². The van der Waals surface area contributed by atoms with Crippen LogP contribution in [0.4, 0.5) is 0 Å². The quantitative estimate of drug-likeness (QED) is 0.157. The molecule has 2 heterocycles. The Balaban J connectivity index is 1.18. The Bertz CT molecular complexity index is 2590. The lowest BCUT2D eigenvalue weighted by atomic mass is 9.95. The van der Waals surface area contributed by atoms with Gasteiger partial charge in [0.2, 0.25) is 0 Å². The van der Waals surface area contributed by atoms with Crippen LogP contribution in [0.1, 0.15) is 5.56 Å². The van der Waals surface area contributed by atoms with Crippen molar-refractivity contribution >= 4 is 0 Å². The van der Waals surface area contributed by atoms with Gasteiger partial charge in [0.25, 0.3) is 0 Å². The van der Waals surface area contributed by atoms with Gasteiger partial charge in [-0.05, 0) is 75.7 Å². The Morgan fingerprint density at radius 1 is 0.255 bits per heavy atom. The maximum atomic E-state index is 5.17. The van der Waals surface area contributed by atoms with Crippen LogP contribution < -0.4 is 0 Å². The minimum atomic E-state index is 0.601. The van der Waals surface area contributed by atoms with Crippen LogP contribution in [-0.4, -0.2) is 24.9 Å². The van der Waals surface area contributed by atoms with Crippen LogP contribution >= 0.6 is 0 Å². The van der Waals surface area contributed by atoms with Crippen molar-refractivity contribution in [1.82, 2.24) is 24.9 Å². The van der Waals surface area contributed by atoms with Crippen molar-refractivity contribution in [2.24, 2.45) is 0 Å². The second-order valence-corrected chi connectivity index (χ2v) is 13.5. The Morgan fingerprint density at radius 2 is 0.564 bits per heavy atom. The molecule has 7 aromatic carbocycles. The number of nitrogens with zero attached hydrogens (tertiary/aromatic N) is 5. The minimum Gasteiger partial charge on any atom is -0.237 e. The van der Waals surface area contributed by atoms with E-state index < -0.39 is 0 Å². The van der Waals surface area contributed by atoms with E-state index in [1.54, 1.807) is 12.4 Å². The SMILES string of the molecule is Cc1ccc(-c2cc(-c3ccc(-c4ncccn4)cc3)cc(-c3nc(-c4ccc(-c5ccccc5)cc4)nc(-c4ccc(-c5ccccc5)cc4)n3)c2)cc1. The van der Waals surface area contributed by atoms with Crippen molar-refractivity contribution in [1.29, 1.82) is 0 Å². The van der Waals surface area contributed by atoms with E-state index in [1.165, 1.54) is 5.56 Å². The van der Waals surface area contributed by atoms with Crippen LogP contribution in [0, 0.1) is 6.92 Å². The number of aromatic nitrogens is 5. The van der Waals surface area contributed by atoms with Gasteiger partial charge in [-0.2, -0.15) is 0 Å². The second kappa shape index (κ2) is 14.9. The average molecular weight is 706 g/mol. The fourth-order valence-electron chi connectivity index (χ4n) is 6.74. The summed E-state index contributed by atoms with van der Waals surface area (Å²) in [6.07, 6.45) is 3.53. The molecule has 0 amide bonds. The van der Waals surface area contributed by atoms with E-state index in [4.69, 9.17) is 15.0 Å². The number of hydrogen-bond donors (Lipinski definition) is 0. The van der Waals surface area contributed by atoms with Gasteiger partial charge in [0.1, 0.15) is 0 Å². The average Bonchev–Trinajstić information content (AvgIpc) is 3.27. The van der Waals surface area contributed by atoms with E-state index in [0.29, 0.717) is 23.3 Å². The fourth-order valence-corrected chi connectivity index (χ4v) is 6.74. The van der Waals surface area contributed by atoms with Crippen molar-refractivity contribution in [2.75, 3.05) is 0 Å². The van der Waals surface area contributed by atoms with Gasteiger partial charge in [0.05, 0.1) is 0 Å². The number of hydrogen-bond acceptors (Lipinski definition) is 5. The molecule has 5 nitrogen and oxygen atoms in total. The topological polar surface area (TPSA) is 64.5 Å². The molecule has 55 heavy (non-hydrogen) atoms. The van der Waals surface area contributed by atoms with E-state index in [9.17, 15) is 0 Å². The molecule has 0 unspecified atom stereocenters. The lowest BCUT2D eigenvalue weighted by molar-refractivity contribution is 1.07. The third kappa shape index (κ3) is 7.32. The first-order valence-corrected chi connectivity index (χ1v) is 18.3. The predicted molar refractivity (Wildman–Crippen MR) is 224 cm³/mol. The molecule has 9 aromatic rings. The maximum absolute atomic E-state index is 5.17.